The summed E-state index contributed by atoms with van der Waals surface area (Å²) in [6.07, 6.45) is 2.95. The van der Waals surface area contributed by atoms with Gasteiger partial charge >= 0.3 is 0 Å². The monoisotopic (exact) mass is 570 g/mol. The first kappa shape index (κ1) is 27.2. The SMILES string of the molecule is O=C(C=Cc1ccc(-c2ccc(Cl)cc2)o1)NC(=S)Nc1ccc(N2CCN(C(=O)c3ccccc3)CC2)cc1. The molecule has 1 aromatic heterocycles. The summed E-state index contributed by atoms with van der Waals surface area (Å²) < 4.78 is 5.78. The second-order valence-electron chi connectivity index (χ2n) is 9.18. The largest absolute Gasteiger partial charge is 0.457 e. The van der Waals surface area contributed by atoms with E-state index in [4.69, 9.17) is 28.2 Å². The third kappa shape index (κ3) is 6.97. The molecule has 2 N–H and O–H groups in total. The van der Waals surface area contributed by atoms with Crippen LogP contribution >= 0.6 is 23.8 Å². The van der Waals surface area contributed by atoms with Gasteiger partial charge in [-0.25, -0.2) is 0 Å². The molecule has 5 rings (SSSR count). The van der Waals surface area contributed by atoms with Gasteiger partial charge < -0.3 is 19.5 Å². The minimum absolute atomic E-state index is 0.0667. The van der Waals surface area contributed by atoms with Crippen LogP contribution in [0.4, 0.5) is 11.4 Å². The van der Waals surface area contributed by atoms with Crippen LogP contribution in [-0.2, 0) is 4.79 Å². The number of hydrogen-bond acceptors (Lipinski definition) is 5. The molecule has 0 atom stereocenters. The number of nitrogens with zero attached hydrogens (tertiary/aromatic N) is 2. The van der Waals surface area contributed by atoms with Crippen LogP contribution in [0.25, 0.3) is 17.4 Å². The van der Waals surface area contributed by atoms with Crippen molar-refractivity contribution < 1.29 is 14.0 Å². The fourth-order valence-corrected chi connectivity index (χ4v) is 4.72. The Balaban J connectivity index is 1.08. The number of hydrogen-bond donors (Lipinski definition) is 2. The molecule has 2 amide bonds. The quantitative estimate of drug-likeness (QED) is 0.216. The van der Waals surface area contributed by atoms with Gasteiger partial charge in [-0.2, -0.15) is 0 Å². The molecule has 0 bridgehead atoms. The van der Waals surface area contributed by atoms with E-state index >= 15 is 0 Å². The molecular weight excluding hydrogens is 544 g/mol. The molecule has 7 nitrogen and oxygen atoms in total. The summed E-state index contributed by atoms with van der Waals surface area (Å²) in [6, 6.07) is 28.1. The van der Waals surface area contributed by atoms with E-state index in [0.717, 1.165) is 30.0 Å². The Morgan fingerprint density at radius 1 is 0.850 bits per heavy atom. The summed E-state index contributed by atoms with van der Waals surface area (Å²) in [5.74, 6) is 0.915. The number of nitrogens with one attached hydrogen (secondary N) is 2. The Bertz CT molecular complexity index is 1510. The van der Waals surface area contributed by atoms with E-state index in [1.54, 1.807) is 24.3 Å². The number of carbonyl (C=O) groups is 2. The summed E-state index contributed by atoms with van der Waals surface area (Å²) >= 11 is 11.2. The normalized spacial score (nSPS) is 13.3. The van der Waals surface area contributed by atoms with Gasteiger partial charge in [0, 0.05) is 59.8 Å². The molecule has 1 saturated heterocycles. The summed E-state index contributed by atoms with van der Waals surface area (Å²) in [4.78, 5) is 29.2. The molecule has 0 saturated carbocycles. The molecule has 1 aliphatic heterocycles. The first-order chi connectivity index (χ1) is 19.4. The van der Waals surface area contributed by atoms with Crippen molar-refractivity contribution in [1.29, 1.82) is 0 Å². The van der Waals surface area contributed by atoms with Crippen molar-refractivity contribution in [3.05, 3.63) is 113 Å². The first-order valence-corrected chi connectivity index (χ1v) is 13.6. The molecule has 202 valence electrons. The van der Waals surface area contributed by atoms with Crippen LogP contribution < -0.4 is 15.5 Å². The Morgan fingerprint density at radius 2 is 1.55 bits per heavy atom. The average Bonchev–Trinajstić information content (AvgIpc) is 3.46. The highest BCUT2D eigenvalue weighted by atomic mass is 35.5. The van der Waals surface area contributed by atoms with Crippen LogP contribution in [0.3, 0.4) is 0 Å². The smallest absolute Gasteiger partial charge is 0.253 e. The number of anilines is 2. The second-order valence-corrected chi connectivity index (χ2v) is 10.0. The number of benzene rings is 3. The molecule has 9 heteroatoms. The zero-order chi connectivity index (χ0) is 27.9. The van der Waals surface area contributed by atoms with E-state index < -0.39 is 0 Å². The van der Waals surface area contributed by atoms with Gasteiger partial charge in [0.25, 0.3) is 5.91 Å². The average molecular weight is 571 g/mol. The Morgan fingerprint density at radius 3 is 2.25 bits per heavy atom. The lowest BCUT2D eigenvalue weighted by Gasteiger charge is -2.36. The molecular formula is C31H27ClN4O3S. The second kappa shape index (κ2) is 12.6. The first-order valence-electron chi connectivity index (χ1n) is 12.8. The van der Waals surface area contributed by atoms with Crippen LogP contribution in [0.15, 0.2) is 101 Å². The maximum atomic E-state index is 12.7. The van der Waals surface area contributed by atoms with E-state index in [1.807, 2.05) is 77.7 Å². The summed E-state index contributed by atoms with van der Waals surface area (Å²) in [6.45, 7) is 2.83. The van der Waals surface area contributed by atoms with Crippen molar-refractivity contribution >= 4 is 58.2 Å². The summed E-state index contributed by atoms with van der Waals surface area (Å²) in [5, 5.41) is 6.52. The predicted octanol–water partition coefficient (Wildman–Crippen LogP) is 6.09. The zero-order valence-electron chi connectivity index (χ0n) is 21.5. The van der Waals surface area contributed by atoms with E-state index in [-0.39, 0.29) is 16.9 Å². The number of rotatable bonds is 6. The number of furan rings is 1. The topological polar surface area (TPSA) is 77.8 Å². The van der Waals surface area contributed by atoms with Gasteiger partial charge in [-0.05, 0) is 91.1 Å². The third-order valence-electron chi connectivity index (χ3n) is 6.47. The van der Waals surface area contributed by atoms with Crippen LogP contribution in [-0.4, -0.2) is 48.0 Å². The summed E-state index contributed by atoms with van der Waals surface area (Å²) in [5.41, 5.74) is 3.43. The molecule has 0 aliphatic carbocycles. The van der Waals surface area contributed by atoms with Crippen molar-refractivity contribution in [1.82, 2.24) is 10.2 Å². The number of carbonyl (C=O) groups excluding carboxylic acids is 2. The Hall–Kier alpha value is -4.40. The van der Waals surface area contributed by atoms with Crippen molar-refractivity contribution in [3.63, 3.8) is 0 Å². The van der Waals surface area contributed by atoms with Gasteiger partial charge in [-0.1, -0.05) is 29.8 Å². The lowest BCUT2D eigenvalue weighted by molar-refractivity contribution is -0.115. The molecule has 1 aliphatic rings. The fraction of sp³-hybridized carbons (Fsp3) is 0.129. The molecule has 4 aromatic rings. The van der Waals surface area contributed by atoms with Gasteiger partial charge in [0.1, 0.15) is 11.5 Å². The van der Waals surface area contributed by atoms with E-state index in [9.17, 15) is 9.59 Å². The lowest BCUT2D eigenvalue weighted by atomic mass is 10.1. The van der Waals surface area contributed by atoms with Gasteiger partial charge in [0.15, 0.2) is 5.11 Å². The highest BCUT2D eigenvalue weighted by Gasteiger charge is 2.22. The number of thiocarbonyl (C=S) groups is 1. The van der Waals surface area contributed by atoms with Crippen molar-refractivity contribution in [2.24, 2.45) is 0 Å². The minimum Gasteiger partial charge on any atom is -0.457 e. The van der Waals surface area contributed by atoms with Crippen molar-refractivity contribution in [3.8, 4) is 11.3 Å². The third-order valence-corrected chi connectivity index (χ3v) is 6.93. The summed E-state index contributed by atoms with van der Waals surface area (Å²) in [7, 11) is 0. The van der Waals surface area contributed by atoms with Crippen LogP contribution in [0, 0.1) is 0 Å². The lowest BCUT2D eigenvalue weighted by Crippen LogP contribution is -2.48. The standard InChI is InChI=1S/C31H27ClN4O3S/c32-24-8-6-22(7-9-24)28-16-14-27(39-28)15-17-29(37)34-31(40)33-25-10-12-26(13-11-25)35-18-20-36(21-19-35)30(38)23-4-2-1-3-5-23/h1-17H,18-21H2,(H2,33,34,37,40). The number of amides is 2. The predicted molar refractivity (Wildman–Crippen MR) is 164 cm³/mol. The molecule has 1 fully saturated rings. The number of piperazine rings is 1. The Kier molecular flexibility index (Phi) is 8.59. The molecule has 0 spiro atoms. The Labute approximate surface area is 243 Å². The molecule has 0 unspecified atom stereocenters. The van der Waals surface area contributed by atoms with E-state index in [2.05, 4.69) is 15.5 Å². The van der Waals surface area contributed by atoms with E-state index in [0.29, 0.717) is 35.2 Å². The van der Waals surface area contributed by atoms with Crippen molar-refractivity contribution in [2.75, 3.05) is 36.4 Å². The number of halogens is 1. The van der Waals surface area contributed by atoms with Crippen LogP contribution in [0.2, 0.25) is 5.02 Å². The zero-order valence-corrected chi connectivity index (χ0v) is 23.1. The van der Waals surface area contributed by atoms with Crippen molar-refractivity contribution in [2.45, 2.75) is 0 Å². The van der Waals surface area contributed by atoms with Gasteiger partial charge in [0.2, 0.25) is 5.91 Å². The van der Waals surface area contributed by atoms with Gasteiger partial charge in [-0.3, -0.25) is 14.9 Å². The molecule has 2 heterocycles. The van der Waals surface area contributed by atoms with Gasteiger partial charge in [-0.15, -0.1) is 0 Å². The van der Waals surface area contributed by atoms with Crippen LogP contribution in [0.5, 0.6) is 0 Å². The highest BCUT2D eigenvalue weighted by Crippen LogP contribution is 2.24. The molecule has 40 heavy (non-hydrogen) atoms. The maximum Gasteiger partial charge on any atom is 0.253 e. The van der Waals surface area contributed by atoms with E-state index in [1.165, 1.54) is 6.08 Å². The molecule has 3 aromatic carbocycles. The van der Waals surface area contributed by atoms with Gasteiger partial charge in [0.05, 0.1) is 0 Å². The highest BCUT2D eigenvalue weighted by molar-refractivity contribution is 7.80. The molecule has 0 radical (unpaired) electrons. The fourth-order valence-electron chi connectivity index (χ4n) is 4.37. The van der Waals surface area contributed by atoms with Crippen LogP contribution in [0.1, 0.15) is 16.1 Å². The maximum absolute atomic E-state index is 12.7. The minimum atomic E-state index is -0.374.